The Morgan fingerprint density at radius 2 is 1.92 bits per heavy atom. The normalized spacial score (nSPS) is 11.6. The molecule has 0 saturated carbocycles. The number of hydrogen-bond acceptors (Lipinski definition) is 8. The fraction of sp³-hybridized carbons (Fsp3) is 0.222. The lowest BCUT2D eigenvalue weighted by Gasteiger charge is -2.19. The third-order valence-corrected chi connectivity index (χ3v) is 7.12. The third-order valence-electron chi connectivity index (χ3n) is 5.66. The van der Waals surface area contributed by atoms with Crippen molar-refractivity contribution in [2.24, 2.45) is 0 Å². The van der Waals surface area contributed by atoms with Gasteiger partial charge in [-0.3, -0.25) is 14.7 Å². The summed E-state index contributed by atoms with van der Waals surface area (Å²) >= 11 is 7.76. The Bertz CT molecular complexity index is 1520. The van der Waals surface area contributed by atoms with E-state index >= 15 is 0 Å². The van der Waals surface area contributed by atoms with Crippen LogP contribution >= 0.6 is 23.4 Å². The van der Waals surface area contributed by atoms with Crippen LogP contribution < -0.4 is 9.47 Å². The summed E-state index contributed by atoms with van der Waals surface area (Å²) in [5.41, 5.74) is 2.31. The molecule has 0 N–H and O–H groups in total. The van der Waals surface area contributed by atoms with Gasteiger partial charge in [-0.25, -0.2) is 4.39 Å². The minimum absolute atomic E-state index is 0.0794. The summed E-state index contributed by atoms with van der Waals surface area (Å²) in [6.45, 7) is 3.49. The molecule has 12 heteroatoms. The molecule has 0 amide bonds. The Morgan fingerprint density at radius 3 is 2.62 bits per heavy atom. The van der Waals surface area contributed by atoms with Gasteiger partial charge in [-0.1, -0.05) is 41.6 Å². The van der Waals surface area contributed by atoms with E-state index in [1.165, 1.54) is 12.1 Å². The van der Waals surface area contributed by atoms with Crippen LogP contribution in [0.3, 0.4) is 0 Å². The highest BCUT2D eigenvalue weighted by atomic mass is 35.5. The van der Waals surface area contributed by atoms with E-state index in [2.05, 4.69) is 16.3 Å². The maximum atomic E-state index is 13.5. The summed E-state index contributed by atoms with van der Waals surface area (Å²) in [6, 6.07) is 18.2. The number of aromatic nitrogens is 3. The lowest BCUT2D eigenvalue weighted by molar-refractivity contribution is -0.479. The minimum atomic E-state index is -0.715. The molecule has 0 saturated heterocycles. The molecule has 3 aromatic carbocycles. The molecule has 0 spiro atoms. The Morgan fingerprint density at radius 1 is 1.18 bits per heavy atom. The summed E-state index contributed by atoms with van der Waals surface area (Å²) < 4.78 is 27.0. The SMILES string of the molecule is CCOc1cc([C@H](C[N+](=O)[O-])Sc2nnc(C)n2-c2ccc(F)cc2)cc(Cl)c1OCc1ccccc1C#N. The van der Waals surface area contributed by atoms with E-state index in [0.717, 1.165) is 11.8 Å². The van der Waals surface area contributed by atoms with Gasteiger partial charge in [0.2, 0.25) is 6.54 Å². The number of nitrogens with zero attached hydrogens (tertiary/aromatic N) is 5. The van der Waals surface area contributed by atoms with E-state index in [0.29, 0.717) is 45.7 Å². The number of halogens is 2. The van der Waals surface area contributed by atoms with Crippen molar-refractivity contribution in [2.75, 3.05) is 13.2 Å². The van der Waals surface area contributed by atoms with Gasteiger partial charge in [-0.2, -0.15) is 5.26 Å². The number of nitriles is 1. The van der Waals surface area contributed by atoms with Crippen molar-refractivity contribution in [1.82, 2.24) is 14.8 Å². The predicted octanol–water partition coefficient (Wildman–Crippen LogP) is 6.33. The highest BCUT2D eigenvalue weighted by molar-refractivity contribution is 7.99. The smallest absolute Gasteiger partial charge is 0.220 e. The topological polar surface area (TPSA) is 116 Å². The van der Waals surface area contributed by atoms with Crippen molar-refractivity contribution >= 4 is 23.4 Å². The van der Waals surface area contributed by atoms with Crippen molar-refractivity contribution in [3.8, 4) is 23.3 Å². The molecule has 0 radical (unpaired) electrons. The van der Waals surface area contributed by atoms with Crippen molar-refractivity contribution in [3.63, 3.8) is 0 Å². The molecule has 39 heavy (non-hydrogen) atoms. The van der Waals surface area contributed by atoms with Crippen LogP contribution in [0.2, 0.25) is 5.02 Å². The fourth-order valence-corrected chi connectivity index (χ4v) is 5.29. The van der Waals surface area contributed by atoms with Gasteiger partial charge in [0.15, 0.2) is 16.7 Å². The summed E-state index contributed by atoms with van der Waals surface area (Å²) in [5, 5.41) is 29.2. The Balaban J connectivity index is 1.68. The van der Waals surface area contributed by atoms with Crippen LogP contribution in [-0.4, -0.2) is 32.8 Å². The molecule has 200 valence electrons. The van der Waals surface area contributed by atoms with Gasteiger partial charge in [0.1, 0.15) is 23.5 Å². The summed E-state index contributed by atoms with van der Waals surface area (Å²) in [7, 11) is 0. The first-order valence-corrected chi connectivity index (χ1v) is 13.1. The second-order valence-corrected chi connectivity index (χ2v) is 9.86. The average Bonchev–Trinajstić information content (AvgIpc) is 3.28. The quantitative estimate of drug-likeness (QED) is 0.117. The van der Waals surface area contributed by atoms with Crippen molar-refractivity contribution in [2.45, 2.75) is 30.9 Å². The summed E-state index contributed by atoms with van der Waals surface area (Å²) in [4.78, 5) is 11.2. The van der Waals surface area contributed by atoms with Crippen LogP contribution in [0.4, 0.5) is 4.39 Å². The third kappa shape index (κ3) is 6.66. The zero-order valence-corrected chi connectivity index (χ0v) is 22.6. The van der Waals surface area contributed by atoms with Crippen molar-refractivity contribution < 1.29 is 18.8 Å². The Labute approximate surface area is 233 Å². The van der Waals surface area contributed by atoms with E-state index in [1.807, 2.05) is 0 Å². The average molecular weight is 568 g/mol. The monoisotopic (exact) mass is 567 g/mol. The van der Waals surface area contributed by atoms with E-state index in [9.17, 15) is 19.8 Å². The molecule has 1 aromatic heterocycles. The highest BCUT2D eigenvalue weighted by Gasteiger charge is 2.26. The standard InChI is InChI=1S/C27H23ClFN5O4S/c1-3-37-24-13-20(12-23(28)26(24)38-16-19-7-5-4-6-18(19)14-30)25(15-33(35)36)39-27-32-31-17(2)34(27)22-10-8-21(29)9-11-22/h4-13,25H,3,15-16H2,1-2H3/t25-/m0/s1. The molecular formula is C27H23ClFN5O4S. The largest absolute Gasteiger partial charge is 0.490 e. The van der Waals surface area contributed by atoms with E-state index in [4.69, 9.17) is 21.1 Å². The first kappa shape index (κ1) is 27.9. The zero-order chi connectivity index (χ0) is 27.9. The molecule has 0 aliphatic heterocycles. The molecule has 0 bridgehead atoms. The Kier molecular flexibility index (Phi) is 9.01. The second kappa shape index (κ2) is 12.6. The molecule has 1 heterocycles. The summed E-state index contributed by atoms with van der Waals surface area (Å²) in [6.07, 6.45) is 0. The highest BCUT2D eigenvalue weighted by Crippen LogP contribution is 2.43. The van der Waals surface area contributed by atoms with Gasteiger partial charge in [0.25, 0.3) is 0 Å². The molecule has 0 unspecified atom stereocenters. The van der Waals surface area contributed by atoms with Crippen LogP contribution in [0.15, 0.2) is 65.8 Å². The van der Waals surface area contributed by atoms with Gasteiger partial charge in [0, 0.05) is 16.2 Å². The number of benzene rings is 3. The number of hydrogen-bond donors (Lipinski definition) is 0. The zero-order valence-electron chi connectivity index (χ0n) is 21.0. The maximum absolute atomic E-state index is 13.5. The molecule has 0 aliphatic carbocycles. The van der Waals surface area contributed by atoms with Gasteiger partial charge >= 0.3 is 0 Å². The van der Waals surface area contributed by atoms with Crippen LogP contribution in [0.25, 0.3) is 5.69 Å². The van der Waals surface area contributed by atoms with Crippen molar-refractivity contribution in [3.05, 3.63) is 104 Å². The van der Waals surface area contributed by atoms with Crippen molar-refractivity contribution in [1.29, 1.82) is 5.26 Å². The molecule has 1 atom stereocenters. The van der Waals surface area contributed by atoms with Crippen LogP contribution in [0, 0.1) is 34.2 Å². The predicted molar refractivity (Wildman–Crippen MR) is 145 cm³/mol. The van der Waals surface area contributed by atoms with Gasteiger partial charge in [-0.15, -0.1) is 10.2 Å². The van der Waals surface area contributed by atoms with Gasteiger partial charge < -0.3 is 9.47 Å². The van der Waals surface area contributed by atoms with Crippen LogP contribution in [-0.2, 0) is 6.61 Å². The maximum Gasteiger partial charge on any atom is 0.220 e. The Hall–Kier alpha value is -4.14. The molecule has 4 rings (SSSR count). The number of ether oxygens (including phenoxy) is 2. The second-order valence-electron chi connectivity index (χ2n) is 8.28. The lowest BCUT2D eigenvalue weighted by atomic mass is 10.1. The van der Waals surface area contributed by atoms with E-state index < -0.39 is 16.7 Å². The number of nitro groups is 1. The molecule has 0 aliphatic rings. The number of thioether (sulfide) groups is 1. The van der Waals surface area contributed by atoms with Gasteiger partial charge in [0.05, 0.1) is 23.3 Å². The fourth-order valence-electron chi connectivity index (χ4n) is 3.86. The minimum Gasteiger partial charge on any atom is -0.490 e. The van der Waals surface area contributed by atoms with Gasteiger partial charge in [-0.05, 0) is 61.9 Å². The lowest BCUT2D eigenvalue weighted by Crippen LogP contribution is -2.12. The first-order chi connectivity index (χ1) is 18.8. The molecule has 4 aromatic rings. The number of rotatable bonds is 11. The molecule has 9 nitrogen and oxygen atoms in total. The van der Waals surface area contributed by atoms with Crippen LogP contribution in [0.5, 0.6) is 11.5 Å². The first-order valence-electron chi connectivity index (χ1n) is 11.8. The molecule has 0 fully saturated rings. The molecular weight excluding hydrogens is 545 g/mol. The van der Waals surface area contributed by atoms with E-state index in [1.54, 1.807) is 66.9 Å². The van der Waals surface area contributed by atoms with Crippen LogP contribution in [0.1, 0.15) is 34.7 Å². The number of aryl methyl sites for hydroxylation is 1. The van der Waals surface area contributed by atoms with E-state index in [-0.39, 0.29) is 23.2 Å². The summed E-state index contributed by atoms with van der Waals surface area (Å²) in [5.74, 6) is 0.740.